The summed E-state index contributed by atoms with van der Waals surface area (Å²) in [6.45, 7) is 2.17. The van der Waals surface area contributed by atoms with E-state index in [9.17, 15) is 18.0 Å². The molecular formula is C26H34ClN3O4S. The minimum Gasteiger partial charge on any atom is -0.352 e. The highest BCUT2D eigenvalue weighted by atomic mass is 35.5. The quantitative estimate of drug-likeness (QED) is 0.481. The zero-order valence-corrected chi connectivity index (χ0v) is 21.9. The van der Waals surface area contributed by atoms with Crippen molar-refractivity contribution in [2.75, 3.05) is 13.6 Å². The van der Waals surface area contributed by atoms with Gasteiger partial charge in [-0.25, -0.2) is 12.7 Å². The number of nitrogens with zero attached hydrogens (tertiary/aromatic N) is 2. The number of benzene rings is 2. The van der Waals surface area contributed by atoms with Gasteiger partial charge in [0.05, 0.1) is 4.90 Å². The van der Waals surface area contributed by atoms with Crippen molar-refractivity contribution < 1.29 is 18.0 Å². The van der Waals surface area contributed by atoms with Gasteiger partial charge in [-0.15, -0.1) is 0 Å². The Morgan fingerprint density at radius 1 is 1.09 bits per heavy atom. The van der Waals surface area contributed by atoms with Gasteiger partial charge in [0.25, 0.3) is 0 Å². The van der Waals surface area contributed by atoms with E-state index in [4.69, 9.17) is 11.6 Å². The maximum absolute atomic E-state index is 13.3. The topological polar surface area (TPSA) is 86.8 Å². The van der Waals surface area contributed by atoms with Crippen LogP contribution in [-0.2, 0) is 26.2 Å². The van der Waals surface area contributed by atoms with Crippen molar-refractivity contribution in [1.82, 2.24) is 14.5 Å². The van der Waals surface area contributed by atoms with Gasteiger partial charge in [0, 0.05) is 37.6 Å². The zero-order valence-electron chi connectivity index (χ0n) is 20.3. The smallest absolute Gasteiger partial charge is 0.242 e. The summed E-state index contributed by atoms with van der Waals surface area (Å²) in [7, 11) is -2.12. The molecule has 0 aromatic heterocycles. The summed E-state index contributed by atoms with van der Waals surface area (Å²) in [5.41, 5.74) is 0.829. The summed E-state index contributed by atoms with van der Waals surface area (Å²) in [5.74, 6) is -0.374. The minimum atomic E-state index is -3.62. The number of amides is 2. The summed E-state index contributed by atoms with van der Waals surface area (Å²) < 4.78 is 26.7. The number of rotatable bonds is 11. The van der Waals surface area contributed by atoms with Crippen molar-refractivity contribution in [3.8, 4) is 0 Å². The minimum absolute atomic E-state index is 0.121. The molecule has 9 heteroatoms. The maximum Gasteiger partial charge on any atom is 0.242 e. The Morgan fingerprint density at radius 2 is 1.77 bits per heavy atom. The molecule has 1 atom stereocenters. The van der Waals surface area contributed by atoms with Crippen LogP contribution in [0.3, 0.4) is 0 Å². The highest BCUT2D eigenvalue weighted by Crippen LogP contribution is 2.20. The molecule has 2 aromatic rings. The molecule has 0 heterocycles. The van der Waals surface area contributed by atoms with Crippen molar-refractivity contribution in [1.29, 1.82) is 0 Å². The lowest BCUT2D eigenvalue weighted by molar-refractivity contribution is -0.141. The molecule has 0 aliphatic heterocycles. The van der Waals surface area contributed by atoms with Crippen LogP contribution in [0.4, 0.5) is 0 Å². The van der Waals surface area contributed by atoms with E-state index in [1.807, 2.05) is 12.1 Å². The highest BCUT2D eigenvalue weighted by Gasteiger charge is 2.29. The molecule has 0 unspecified atom stereocenters. The lowest BCUT2D eigenvalue weighted by Gasteiger charge is -2.30. The second-order valence-electron chi connectivity index (χ2n) is 9.06. The molecule has 0 radical (unpaired) electrons. The number of carbonyl (C=O) groups is 2. The van der Waals surface area contributed by atoms with Crippen LogP contribution in [0.1, 0.15) is 51.0 Å². The van der Waals surface area contributed by atoms with Crippen molar-refractivity contribution in [3.05, 3.63) is 65.2 Å². The third kappa shape index (κ3) is 7.53. The van der Waals surface area contributed by atoms with Crippen LogP contribution in [0.25, 0.3) is 0 Å². The van der Waals surface area contributed by atoms with Gasteiger partial charge in [0.1, 0.15) is 6.04 Å². The third-order valence-corrected chi connectivity index (χ3v) is 8.53. The largest absolute Gasteiger partial charge is 0.352 e. The average molecular weight is 520 g/mol. The number of sulfonamides is 1. The lowest BCUT2D eigenvalue weighted by atomic mass is 10.1. The highest BCUT2D eigenvalue weighted by molar-refractivity contribution is 7.89. The zero-order chi connectivity index (χ0) is 25.4. The fourth-order valence-corrected chi connectivity index (χ4v) is 5.74. The molecule has 7 nitrogen and oxygen atoms in total. The second kappa shape index (κ2) is 12.5. The predicted molar refractivity (Wildman–Crippen MR) is 137 cm³/mol. The van der Waals surface area contributed by atoms with E-state index in [1.165, 1.54) is 11.4 Å². The van der Waals surface area contributed by atoms with E-state index in [-0.39, 0.29) is 42.3 Å². The van der Waals surface area contributed by atoms with Gasteiger partial charge >= 0.3 is 0 Å². The molecule has 1 aliphatic carbocycles. The Balaban J connectivity index is 1.65. The van der Waals surface area contributed by atoms with E-state index in [0.29, 0.717) is 11.4 Å². The summed E-state index contributed by atoms with van der Waals surface area (Å²) in [4.78, 5) is 28.0. The van der Waals surface area contributed by atoms with Crippen LogP contribution in [0.5, 0.6) is 0 Å². The molecule has 2 aromatic carbocycles. The van der Waals surface area contributed by atoms with Gasteiger partial charge in [-0.1, -0.05) is 54.8 Å². The van der Waals surface area contributed by atoms with Gasteiger partial charge in [0.15, 0.2) is 0 Å². The van der Waals surface area contributed by atoms with E-state index in [2.05, 4.69) is 5.32 Å². The van der Waals surface area contributed by atoms with Gasteiger partial charge in [-0.05, 0) is 56.0 Å². The number of hydrogen-bond donors (Lipinski definition) is 1. The summed E-state index contributed by atoms with van der Waals surface area (Å²) in [6.07, 6.45) is 4.58. The molecule has 1 N–H and O–H groups in total. The van der Waals surface area contributed by atoms with Gasteiger partial charge in [0.2, 0.25) is 21.8 Å². The Morgan fingerprint density at radius 3 is 2.43 bits per heavy atom. The molecular weight excluding hydrogens is 486 g/mol. The summed E-state index contributed by atoms with van der Waals surface area (Å²) in [5, 5.41) is 3.64. The second-order valence-corrected chi connectivity index (χ2v) is 11.5. The van der Waals surface area contributed by atoms with Crippen molar-refractivity contribution >= 4 is 33.4 Å². The van der Waals surface area contributed by atoms with Crippen LogP contribution in [0.2, 0.25) is 5.02 Å². The van der Waals surface area contributed by atoms with Crippen LogP contribution in [-0.4, -0.2) is 55.1 Å². The first kappa shape index (κ1) is 27.2. The first-order valence-corrected chi connectivity index (χ1v) is 13.9. The number of hydrogen-bond acceptors (Lipinski definition) is 4. The molecule has 1 aliphatic rings. The molecule has 1 fully saturated rings. The number of halogens is 1. The monoisotopic (exact) mass is 519 g/mol. The van der Waals surface area contributed by atoms with Crippen molar-refractivity contribution in [2.24, 2.45) is 0 Å². The molecule has 190 valence electrons. The van der Waals surface area contributed by atoms with Crippen LogP contribution >= 0.6 is 11.6 Å². The summed E-state index contributed by atoms with van der Waals surface area (Å²) in [6, 6.07) is 14.9. The van der Waals surface area contributed by atoms with Crippen LogP contribution < -0.4 is 5.32 Å². The van der Waals surface area contributed by atoms with Crippen molar-refractivity contribution in [2.45, 2.75) is 69.0 Å². The first-order valence-electron chi connectivity index (χ1n) is 12.0. The fraction of sp³-hybridized carbons (Fsp3) is 0.462. The Kier molecular flexibility index (Phi) is 9.71. The molecule has 1 saturated carbocycles. The van der Waals surface area contributed by atoms with E-state index >= 15 is 0 Å². The predicted octanol–water partition coefficient (Wildman–Crippen LogP) is 4.22. The van der Waals surface area contributed by atoms with E-state index in [0.717, 1.165) is 31.2 Å². The third-order valence-electron chi connectivity index (χ3n) is 6.43. The molecule has 3 rings (SSSR count). The number of carbonyl (C=O) groups excluding carboxylic acids is 2. The van der Waals surface area contributed by atoms with E-state index in [1.54, 1.807) is 54.3 Å². The molecule has 2 amide bonds. The molecule has 0 spiro atoms. The molecule has 0 bridgehead atoms. The first-order chi connectivity index (χ1) is 16.7. The Labute approximate surface area is 213 Å². The van der Waals surface area contributed by atoms with Crippen LogP contribution in [0, 0.1) is 0 Å². The molecule has 35 heavy (non-hydrogen) atoms. The SMILES string of the molecule is C[C@H](C(=O)NC1CCCC1)N(Cc1cccc(Cl)c1)C(=O)CCCN(C)S(=O)(=O)c1ccccc1. The number of nitrogens with one attached hydrogen (secondary N) is 1. The standard InChI is InChI=1S/C26H34ClN3O4S/c1-20(26(32)28-23-12-6-7-13-23)30(19-21-10-8-11-22(27)18-21)25(31)16-9-17-29(2)35(33,34)24-14-4-3-5-15-24/h3-5,8,10-11,14-15,18,20,23H,6-7,9,12-13,16-17,19H2,1-2H3,(H,28,32)/t20-/m1/s1. The Bertz CT molecular complexity index is 1100. The van der Waals surface area contributed by atoms with Crippen LogP contribution in [0.15, 0.2) is 59.5 Å². The normalized spacial score (nSPS) is 15.2. The lowest BCUT2D eigenvalue weighted by Crippen LogP contribution is -2.49. The average Bonchev–Trinajstić information content (AvgIpc) is 3.35. The van der Waals surface area contributed by atoms with E-state index < -0.39 is 16.1 Å². The summed E-state index contributed by atoms with van der Waals surface area (Å²) >= 11 is 6.13. The van der Waals surface area contributed by atoms with Gasteiger partial charge in [-0.3, -0.25) is 9.59 Å². The Hall–Kier alpha value is -2.42. The maximum atomic E-state index is 13.3. The van der Waals surface area contributed by atoms with Gasteiger partial charge < -0.3 is 10.2 Å². The van der Waals surface area contributed by atoms with Crippen molar-refractivity contribution in [3.63, 3.8) is 0 Å². The van der Waals surface area contributed by atoms with Gasteiger partial charge in [-0.2, -0.15) is 0 Å². The molecule has 0 saturated heterocycles. The fourth-order valence-electron chi connectivity index (χ4n) is 4.30.